The van der Waals surface area contributed by atoms with Crippen molar-refractivity contribution in [2.75, 3.05) is 16.8 Å². The summed E-state index contributed by atoms with van der Waals surface area (Å²) in [5, 5.41) is 5.91. The van der Waals surface area contributed by atoms with Crippen LogP contribution in [0.2, 0.25) is 0 Å². The van der Waals surface area contributed by atoms with Gasteiger partial charge < -0.3 is 15.5 Å². The van der Waals surface area contributed by atoms with Crippen LogP contribution in [0.1, 0.15) is 58.3 Å². The number of amides is 3. The first kappa shape index (κ1) is 19.4. The Labute approximate surface area is 160 Å². The smallest absolute Gasteiger partial charge is 0.227 e. The molecule has 0 bridgehead atoms. The molecule has 6 heteroatoms. The summed E-state index contributed by atoms with van der Waals surface area (Å²) in [6, 6.07) is 7.43. The third-order valence-electron chi connectivity index (χ3n) is 5.43. The molecular weight excluding hydrogens is 342 g/mol. The molecule has 1 saturated carbocycles. The van der Waals surface area contributed by atoms with Gasteiger partial charge in [0.25, 0.3) is 0 Å². The minimum Gasteiger partial charge on any atom is -0.353 e. The largest absolute Gasteiger partial charge is 0.353 e. The van der Waals surface area contributed by atoms with E-state index in [-0.39, 0.29) is 36.1 Å². The lowest BCUT2D eigenvalue weighted by Gasteiger charge is -2.23. The van der Waals surface area contributed by atoms with Crippen LogP contribution >= 0.6 is 0 Å². The van der Waals surface area contributed by atoms with Crippen molar-refractivity contribution in [3.63, 3.8) is 0 Å². The Hall–Kier alpha value is -2.37. The molecule has 146 valence electrons. The molecule has 0 aromatic heterocycles. The molecule has 0 spiro atoms. The lowest BCUT2D eigenvalue weighted by Crippen LogP contribution is -2.40. The molecule has 27 heavy (non-hydrogen) atoms. The summed E-state index contributed by atoms with van der Waals surface area (Å²) in [7, 11) is 0. The lowest BCUT2D eigenvalue weighted by atomic mass is 9.96. The molecule has 1 aromatic carbocycles. The van der Waals surface area contributed by atoms with Crippen LogP contribution in [-0.2, 0) is 14.4 Å². The molecule has 1 heterocycles. The number of rotatable bonds is 4. The number of hydrogen-bond donors (Lipinski definition) is 2. The Bertz CT molecular complexity index is 696. The minimum atomic E-state index is -0.313. The molecule has 1 aromatic rings. The summed E-state index contributed by atoms with van der Waals surface area (Å²) < 4.78 is 0. The summed E-state index contributed by atoms with van der Waals surface area (Å²) in [6.07, 6.45) is 8.42. The number of nitrogens with zero attached hydrogens (tertiary/aromatic N) is 1. The molecule has 6 nitrogen and oxygen atoms in total. The van der Waals surface area contributed by atoms with Crippen molar-refractivity contribution in [1.29, 1.82) is 0 Å². The van der Waals surface area contributed by atoms with E-state index < -0.39 is 0 Å². The van der Waals surface area contributed by atoms with Gasteiger partial charge in [-0.25, -0.2) is 0 Å². The van der Waals surface area contributed by atoms with Crippen LogP contribution in [0.15, 0.2) is 24.3 Å². The Kier molecular flexibility index (Phi) is 6.48. The van der Waals surface area contributed by atoms with Crippen molar-refractivity contribution in [2.45, 2.75) is 64.3 Å². The predicted octanol–water partition coefficient (Wildman–Crippen LogP) is 3.23. The molecule has 1 atom stereocenters. The van der Waals surface area contributed by atoms with Gasteiger partial charge in [0.15, 0.2) is 0 Å². The Morgan fingerprint density at radius 2 is 1.78 bits per heavy atom. The highest BCUT2D eigenvalue weighted by atomic mass is 16.2. The second-order valence-electron chi connectivity index (χ2n) is 7.69. The van der Waals surface area contributed by atoms with Gasteiger partial charge in [-0.05, 0) is 31.0 Å². The molecule has 0 unspecified atom stereocenters. The fourth-order valence-electron chi connectivity index (χ4n) is 4.01. The molecule has 1 saturated heterocycles. The summed E-state index contributed by atoms with van der Waals surface area (Å²) in [5.74, 6) is -0.522. The topological polar surface area (TPSA) is 78.5 Å². The molecule has 3 rings (SSSR count). The number of anilines is 2. The van der Waals surface area contributed by atoms with E-state index in [2.05, 4.69) is 10.6 Å². The standard InChI is InChI=1S/C21H29N3O3/c1-15(25)22-18-10-7-11-19(13-18)24-14-16(12-20(24)26)21(27)23-17-8-5-3-2-4-6-9-17/h7,10-11,13,16-17H,2-6,8-9,12,14H2,1H3,(H,22,25)(H,23,27)/t16-/m0/s1. The van der Waals surface area contributed by atoms with Gasteiger partial charge in [0, 0.05) is 37.3 Å². The van der Waals surface area contributed by atoms with Crippen LogP contribution in [0.25, 0.3) is 0 Å². The highest BCUT2D eigenvalue weighted by molar-refractivity contribution is 6.01. The van der Waals surface area contributed by atoms with Crippen LogP contribution in [0.4, 0.5) is 11.4 Å². The van der Waals surface area contributed by atoms with Crippen LogP contribution < -0.4 is 15.5 Å². The zero-order valence-corrected chi connectivity index (χ0v) is 16.0. The molecule has 1 aliphatic heterocycles. The maximum absolute atomic E-state index is 12.7. The second kappa shape index (κ2) is 9.02. The first-order valence-corrected chi connectivity index (χ1v) is 10.0. The van der Waals surface area contributed by atoms with Crippen molar-refractivity contribution in [3.05, 3.63) is 24.3 Å². The Morgan fingerprint density at radius 3 is 2.48 bits per heavy atom. The zero-order valence-electron chi connectivity index (χ0n) is 16.0. The van der Waals surface area contributed by atoms with E-state index in [0.717, 1.165) is 25.7 Å². The SMILES string of the molecule is CC(=O)Nc1cccc(N2C[C@@H](C(=O)NC3CCCCCCC3)CC2=O)c1. The van der Waals surface area contributed by atoms with Crippen molar-refractivity contribution in [2.24, 2.45) is 5.92 Å². The number of benzene rings is 1. The van der Waals surface area contributed by atoms with Crippen LogP contribution in [-0.4, -0.2) is 30.3 Å². The van der Waals surface area contributed by atoms with Gasteiger partial charge in [0.1, 0.15) is 0 Å². The Balaban J connectivity index is 1.61. The van der Waals surface area contributed by atoms with Gasteiger partial charge in [-0.3, -0.25) is 14.4 Å². The van der Waals surface area contributed by atoms with E-state index in [1.165, 1.54) is 26.2 Å². The summed E-state index contributed by atoms with van der Waals surface area (Å²) in [5.41, 5.74) is 1.36. The van der Waals surface area contributed by atoms with E-state index in [1.54, 1.807) is 23.1 Å². The van der Waals surface area contributed by atoms with Gasteiger partial charge >= 0.3 is 0 Å². The third kappa shape index (κ3) is 5.31. The molecular formula is C21H29N3O3. The van der Waals surface area contributed by atoms with Crippen LogP contribution in [0.5, 0.6) is 0 Å². The molecule has 2 fully saturated rings. The quantitative estimate of drug-likeness (QED) is 0.853. The summed E-state index contributed by atoms with van der Waals surface area (Å²) in [4.78, 5) is 38.1. The van der Waals surface area contributed by atoms with Gasteiger partial charge in [-0.2, -0.15) is 0 Å². The summed E-state index contributed by atoms with van der Waals surface area (Å²) >= 11 is 0. The number of nitrogens with one attached hydrogen (secondary N) is 2. The van der Waals surface area contributed by atoms with Crippen molar-refractivity contribution in [3.8, 4) is 0 Å². The van der Waals surface area contributed by atoms with Crippen molar-refractivity contribution in [1.82, 2.24) is 5.32 Å². The number of carbonyl (C=O) groups excluding carboxylic acids is 3. The fraction of sp³-hybridized carbons (Fsp3) is 0.571. The number of carbonyl (C=O) groups is 3. The minimum absolute atomic E-state index is 0.00515. The van der Waals surface area contributed by atoms with Crippen LogP contribution in [0.3, 0.4) is 0 Å². The van der Waals surface area contributed by atoms with Gasteiger partial charge in [0.2, 0.25) is 17.7 Å². The predicted molar refractivity (Wildman–Crippen MR) is 105 cm³/mol. The van der Waals surface area contributed by atoms with Crippen molar-refractivity contribution >= 4 is 29.1 Å². The summed E-state index contributed by atoms with van der Waals surface area (Å²) in [6.45, 7) is 1.84. The molecule has 2 aliphatic rings. The van der Waals surface area contributed by atoms with E-state index in [0.29, 0.717) is 17.9 Å². The fourth-order valence-corrected chi connectivity index (χ4v) is 4.01. The van der Waals surface area contributed by atoms with E-state index in [1.807, 2.05) is 6.07 Å². The monoisotopic (exact) mass is 371 g/mol. The second-order valence-corrected chi connectivity index (χ2v) is 7.69. The maximum Gasteiger partial charge on any atom is 0.227 e. The average Bonchev–Trinajstić information content (AvgIpc) is 2.99. The molecule has 3 amide bonds. The highest BCUT2D eigenvalue weighted by Crippen LogP contribution is 2.28. The molecule has 1 aliphatic carbocycles. The average molecular weight is 371 g/mol. The Morgan fingerprint density at radius 1 is 1.07 bits per heavy atom. The molecule has 0 radical (unpaired) electrons. The zero-order chi connectivity index (χ0) is 19.2. The first-order chi connectivity index (χ1) is 13.0. The van der Waals surface area contributed by atoms with E-state index in [9.17, 15) is 14.4 Å². The van der Waals surface area contributed by atoms with Crippen molar-refractivity contribution < 1.29 is 14.4 Å². The maximum atomic E-state index is 12.7. The first-order valence-electron chi connectivity index (χ1n) is 10.0. The highest BCUT2D eigenvalue weighted by Gasteiger charge is 2.35. The molecule has 2 N–H and O–H groups in total. The van der Waals surface area contributed by atoms with E-state index >= 15 is 0 Å². The normalized spacial score (nSPS) is 21.4. The van der Waals surface area contributed by atoms with Gasteiger partial charge in [-0.1, -0.05) is 38.2 Å². The van der Waals surface area contributed by atoms with Gasteiger partial charge in [0.05, 0.1) is 5.92 Å². The number of hydrogen-bond acceptors (Lipinski definition) is 3. The van der Waals surface area contributed by atoms with Gasteiger partial charge in [-0.15, -0.1) is 0 Å². The lowest BCUT2D eigenvalue weighted by molar-refractivity contribution is -0.127. The third-order valence-corrected chi connectivity index (χ3v) is 5.43. The van der Waals surface area contributed by atoms with E-state index in [4.69, 9.17) is 0 Å². The van der Waals surface area contributed by atoms with Crippen LogP contribution in [0, 0.1) is 5.92 Å².